The molecule has 5 aliphatic heterocycles. The number of ether oxygens (including phenoxy) is 1. The minimum atomic E-state index is 0.0136. The van der Waals surface area contributed by atoms with Crippen molar-refractivity contribution in [3.05, 3.63) is 35.9 Å². The molecular weight excluding hydrogens is 326 g/mol. The summed E-state index contributed by atoms with van der Waals surface area (Å²) in [6.07, 6.45) is 1.72. The van der Waals surface area contributed by atoms with E-state index in [2.05, 4.69) is 45.4 Å². The molecule has 6 rings (SSSR count). The molecule has 1 N–H and O–H groups in total. The number of piperidine rings is 2. The van der Waals surface area contributed by atoms with Gasteiger partial charge in [-0.2, -0.15) is 0 Å². The third kappa shape index (κ3) is 2.77. The second-order valence-electron chi connectivity index (χ2n) is 8.63. The van der Waals surface area contributed by atoms with E-state index in [-0.39, 0.29) is 23.3 Å². The van der Waals surface area contributed by atoms with E-state index in [0.29, 0.717) is 5.92 Å². The first-order valence-electron chi connectivity index (χ1n) is 10.1. The third-order valence-corrected chi connectivity index (χ3v) is 7.03. The Kier molecular flexibility index (Phi) is 4.26. The lowest BCUT2D eigenvalue weighted by molar-refractivity contribution is -0.131. The molecule has 5 heterocycles. The third-order valence-electron chi connectivity index (χ3n) is 7.03. The highest BCUT2D eigenvalue weighted by atomic mass is 16.5. The molecule has 4 bridgehead atoms. The summed E-state index contributed by atoms with van der Waals surface area (Å²) in [5.41, 5.74) is 1.40. The predicted molar refractivity (Wildman–Crippen MR) is 100.0 cm³/mol. The van der Waals surface area contributed by atoms with Crippen LogP contribution in [0.25, 0.3) is 0 Å². The van der Waals surface area contributed by atoms with Crippen molar-refractivity contribution in [2.45, 2.75) is 24.3 Å². The van der Waals surface area contributed by atoms with Crippen molar-refractivity contribution >= 4 is 5.91 Å². The molecule has 5 saturated heterocycles. The monoisotopic (exact) mass is 355 g/mol. The smallest absolute Gasteiger partial charge is 0.223 e. The molecule has 1 amide bonds. The normalized spacial score (nSPS) is 39.5. The average Bonchev–Trinajstić information content (AvgIpc) is 2.94. The van der Waals surface area contributed by atoms with Crippen LogP contribution in [0.2, 0.25) is 0 Å². The predicted octanol–water partition coefficient (Wildman–Crippen LogP) is 1.10. The lowest BCUT2D eigenvalue weighted by atomic mass is 9.64. The van der Waals surface area contributed by atoms with Crippen LogP contribution in [0, 0.1) is 11.8 Å². The van der Waals surface area contributed by atoms with Gasteiger partial charge in [0.15, 0.2) is 0 Å². The maximum Gasteiger partial charge on any atom is 0.223 e. The minimum absolute atomic E-state index is 0.0136. The summed E-state index contributed by atoms with van der Waals surface area (Å²) in [6.45, 7) is 8.10. The van der Waals surface area contributed by atoms with Crippen molar-refractivity contribution in [2.75, 3.05) is 52.5 Å². The fraction of sp³-hybridized carbons (Fsp3) is 0.667. The Morgan fingerprint density at radius 1 is 1.04 bits per heavy atom. The second-order valence-corrected chi connectivity index (χ2v) is 8.63. The first kappa shape index (κ1) is 16.7. The molecule has 3 atom stereocenters. The maximum atomic E-state index is 13.1. The molecule has 5 aliphatic rings. The van der Waals surface area contributed by atoms with Gasteiger partial charge in [0.2, 0.25) is 5.91 Å². The Bertz CT molecular complexity index is 642. The Labute approximate surface area is 155 Å². The molecule has 3 unspecified atom stereocenters. The van der Waals surface area contributed by atoms with Gasteiger partial charge in [0.25, 0.3) is 0 Å². The number of hydrogen-bond donors (Lipinski definition) is 1. The number of amides is 1. The van der Waals surface area contributed by atoms with Crippen molar-refractivity contribution in [3.8, 4) is 0 Å². The highest BCUT2D eigenvalue weighted by Crippen LogP contribution is 2.43. The molecule has 0 aromatic heterocycles. The van der Waals surface area contributed by atoms with E-state index >= 15 is 0 Å². The van der Waals surface area contributed by atoms with Crippen LogP contribution in [0.15, 0.2) is 30.3 Å². The molecule has 1 aromatic rings. The molecular formula is C21H29N3O2. The Balaban J connectivity index is 1.47. The van der Waals surface area contributed by atoms with E-state index in [4.69, 9.17) is 4.74 Å². The topological polar surface area (TPSA) is 44.8 Å². The molecule has 0 aliphatic carbocycles. The van der Waals surface area contributed by atoms with Crippen molar-refractivity contribution in [1.82, 2.24) is 15.1 Å². The first-order valence-corrected chi connectivity index (χ1v) is 10.1. The van der Waals surface area contributed by atoms with Gasteiger partial charge in [-0.3, -0.25) is 4.79 Å². The zero-order valence-electron chi connectivity index (χ0n) is 15.4. The second kappa shape index (κ2) is 6.63. The SMILES string of the molecule is O=C(NC1C2CN3CCN(C2)CC1(c1ccccc1)C3)C1CCOCC1. The zero-order valence-corrected chi connectivity index (χ0v) is 15.4. The summed E-state index contributed by atoms with van der Waals surface area (Å²) in [4.78, 5) is 18.3. The summed E-state index contributed by atoms with van der Waals surface area (Å²) in [5, 5.41) is 3.55. The molecule has 140 valence electrons. The van der Waals surface area contributed by atoms with Gasteiger partial charge in [0.1, 0.15) is 0 Å². The lowest BCUT2D eigenvalue weighted by Crippen LogP contribution is -2.71. The molecule has 0 saturated carbocycles. The van der Waals surface area contributed by atoms with Gasteiger partial charge < -0.3 is 19.9 Å². The van der Waals surface area contributed by atoms with E-state index in [1.807, 2.05) is 0 Å². The zero-order chi connectivity index (χ0) is 17.6. The van der Waals surface area contributed by atoms with Gasteiger partial charge in [-0.15, -0.1) is 0 Å². The Morgan fingerprint density at radius 3 is 2.35 bits per heavy atom. The van der Waals surface area contributed by atoms with Crippen molar-refractivity contribution in [2.24, 2.45) is 11.8 Å². The van der Waals surface area contributed by atoms with Crippen LogP contribution in [-0.2, 0) is 14.9 Å². The maximum absolute atomic E-state index is 13.1. The van der Waals surface area contributed by atoms with Crippen LogP contribution in [0.5, 0.6) is 0 Å². The fourth-order valence-electron chi connectivity index (χ4n) is 5.80. The summed E-state index contributed by atoms with van der Waals surface area (Å²) < 4.78 is 5.45. The molecule has 5 nitrogen and oxygen atoms in total. The van der Waals surface area contributed by atoms with E-state index in [0.717, 1.165) is 65.3 Å². The van der Waals surface area contributed by atoms with Crippen molar-refractivity contribution in [3.63, 3.8) is 0 Å². The number of carbonyl (C=O) groups is 1. The summed E-state index contributed by atoms with van der Waals surface area (Å²) in [7, 11) is 0. The summed E-state index contributed by atoms with van der Waals surface area (Å²) in [5.74, 6) is 0.894. The van der Waals surface area contributed by atoms with Crippen molar-refractivity contribution in [1.29, 1.82) is 0 Å². The Hall–Kier alpha value is -1.43. The summed E-state index contributed by atoms with van der Waals surface area (Å²) >= 11 is 0. The van der Waals surface area contributed by atoms with Crippen LogP contribution < -0.4 is 5.32 Å². The van der Waals surface area contributed by atoms with E-state index < -0.39 is 0 Å². The number of hydrogen-bond acceptors (Lipinski definition) is 4. The molecule has 0 radical (unpaired) electrons. The molecule has 26 heavy (non-hydrogen) atoms. The number of carbonyl (C=O) groups excluding carboxylic acids is 1. The number of fused-ring (bicyclic) bond motifs is 1. The molecule has 5 heteroatoms. The van der Waals surface area contributed by atoms with Gasteiger partial charge in [-0.1, -0.05) is 30.3 Å². The largest absolute Gasteiger partial charge is 0.381 e. The van der Waals surface area contributed by atoms with Crippen molar-refractivity contribution < 1.29 is 9.53 Å². The minimum Gasteiger partial charge on any atom is -0.381 e. The van der Waals surface area contributed by atoms with Gasteiger partial charge in [0, 0.05) is 75.8 Å². The number of benzene rings is 1. The molecule has 0 spiro atoms. The van der Waals surface area contributed by atoms with Crippen LogP contribution in [-0.4, -0.2) is 74.2 Å². The Morgan fingerprint density at radius 2 is 1.69 bits per heavy atom. The average molecular weight is 355 g/mol. The highest BCUT2D eigenvalue weighted by Gasteiger charge is 2.55. The quantitative estimate of drug-likeness (QED) is 0.882. The number of nitrogens with zero attached hydrogens (tertiary/aromatic N) is 2. The number of rotatable bonds is 3. The fourth-order valence-corrected chi connectivity index (χ4v) is 5.80. The van der Waals surface area contributed by atoms with E-state index in [1.54, 1.807) is 0 Å². The van der Waals surface area contributed by atoms with Gasteiger partial charge in [-0.25, -0.2) is 0 Å². The van der Waals surface area contributed by atoms with Crippen LogP contribution in [0.3, 0.4) is 0 Å². The summed E-state index contributed by atoms with van der Waals surface area (Å²) in [6, 6.07) is 11.2. The van der Waals surface area contributed by atoms with Crippen LogP contribution in [0.4, 0.5) is 0 Å². The standard InChI is InChI=1S/C21H29N3O2/c25-20(16-6-10-26-11-7-16)22-19-17-12-23-8-9-24(13-17)15-21(19,14-23)18-4-2-1-3-5-18/h1-5,16-17,19H,6-15H2,(H,22,25). The molecule has 1 aromatic carbocycles. The number of nitrogens with one attached hydrogen (secondary N) is 1. The van der Waals surface area contributed by atoms with Gasteiger partial charge in [-0.05, 0) is 18.4 Å². The molecule has 5 fully saturated rings. The van der Waals surface area contributed by atoms with E-state index in [9.17, 15) is 4.79 Å². The van der Waals surface area contributed by atoms with Gasteiger partial charge >= 0.3 is 0 Å². The van der Waals surface area contributed by atoms with Crippen LogP contribution in [0.1, 0.15) is 18.4 Å². The highest BCUT2D eigenvalue weighted by molar-refractivity contribution is 5.79. The first-order chi connectivity index (χ1) is 12.7. The lowest BCUT2D eigenvalue weighted by Gasteiger charge is -2.56. The van der Waals surface area contributed by atoms with Gasteiger partial charge in [0.05, 0.1) is 0 Å². The van der Waals surface area contributed by atoms with Crippen LogP contribution >= 0.6 is 0 Å². The van der Waals surface area contributed by atoms with E-state index in [1.165, 1.54) is 5.56 Å².